The molecule has 0 radical (unpaired) electrons. The van der Waals surface area contributed by atoms with Crippen molar-refractivity contribution in [2.75, 3.05) is 40.4 Å². The largest absolute Gasteiger partial charge is 0.383 e. The Hall–Kier alpha value is -0.120. The Morgan fingerprint density at radius 2 is 1.81 bits per heavy atom. The van der Waals surface area contributed by atoms with Gasteiger partial charge >= 0.3 is 0 Å². The van der Waals surface area contributed by atoms with Gasteiger partial charge < -0.3 is 9.64 Å². The molecule has 1 aliphatic heterocycles. The summed E-state index contributed by atoms with van der Waals surface area (Å²) in [5.41, 5.74) is 0.329. The van der Waals surface area contributed by atoms with Crippen LogP contribution in [0.3, 0.4) is 0 Å². The van der Waals surface area contributed by atoms with Gasteiger partial charge in [0.25, 0.3) is 0 Å². The van der Waals surface area contributed by atoms with E-state index in [1.54, 1.807) is 7.11 Å². The van der Waals surface area contributed by atoms with E-state index < -0.39 is 0 Å². The second-order valence-electron chi connectivity index (χ2n) is 5.86. The molecule has 0 aromatic rings. The normalized spacial score (nSPS) is 20.6. The molecule has 0 amide bonds. The van der Waals surface area contributed by atoms with Crippen LogP contribution in [-0.2, 0) is 4.74 Å². The first kappa shape index (κ1) is 13.9. The lowest BCUT2D eigenvalue weighted by Crippen LogP contribution is -2.50. The predicted octanol–water partition coefficient (Wildman–Crippen LogP) is 1.83. The average molecular weight is 228 g/mol. The van der Waals surface area contributed by atoms with Crippen LogP contribution in [0.25, 0.3) is 0 Å². The zero-order valence-corrected chi connectivity index (χ0v) is 11.6. The fourth-order valence-electron chi connectivity index (χ4n) is 2.40. The maximum absolute atomic E-state index is 5.13. The summed E-state index contributed by atoms with van der Waals surface area (Å²) in [5, 5.41) is 0. The molecule has 1 saturated heterocycles. The van der Waals surface area contributed by atoms with E-state index in [2.05, 4.69) is 37.6 Å². The summed E-state index contributed by atoms with van der Waals surface area (Å²) in [6.45, 7) is 11.3. The molecule has 0 saturated carbocycles. The number of methoxy groups -OCH3 is 1. The van der Waals surface area contributed by atoms with Crippen LogP contribution in [-0.4, -0.2) is 61.8 Å². The average Bonchev–Trinajstić information content (AvgIpc) is 2.25. The van der Waals surface area contributed by atoms with E-state index in [9.17, 15) is 0 Å². The van der Waals surface area contributed by atoms with Gasteiger partial charge in [-0.2, -0.15) is 0 Å². The van der Waals surface area contributed by atoms with Crippen LogP contribution in [0.15, 0.2) is 0 Å². The van der Waals surface area contributed by atoms with E-state index in [4.69, 9.17) is 4.74 Å². The topological polar surface area (TPSA) is 15.7 Å². The Balaban J connectivity index is 2.31. The second-order valence-corrected chi connectivity index (χ2v) is 5.86. The van der Waals surface area contributed by atoms with Crippen LogP contribution in [0.1, 0.15) is 33.6 Å². The summed E-state index contributed by atoms with van der Waals surface area (Å²) in [6, 6.07) is 0.744. The van der Waals surface area contributed by atoms with Crippen molar-refractivity contribution in [2.45, 2.75) is 45.2 Å². The molecule has 0 spiro atoms. The van der Waals surface area contributed by atoms with Gasteiger partial charge in [0.2, 0.25) is 0 Å². The summed E-state index contributed by atoms with van der Waals surface area (Å²) in [4.78, 5) is 5.04. The van der Waals surface area contributed by atoms with E-state index >= 15 is 0 Å². The molecule has 3 nitrogen and oxygen atoms in total. The first-order valence-corrected chi connectivity index (χ1v) is 6.39. The van der Waals surface area contributed by atoms with Crippen molar-refractivity contribution in [2.24, 2.45) is 0 Å². The van der Waals surface area contributed by atoms with E-state index in [1.165, 1.54) is 25.9 Å². The molecule has 1 heterocycles. The molecule has 1 rings (SSSR count). The zero-order valence-electron chi connectivity index (χ0n) is 11.6. The minimum atomic E-state index is 0.329. The Bertz CT molecular complexity index is 193. The molecule has 0 bridgehead atoms. The number of hydrogen-bond acceptors (Lipinski definition) is 3. The predicted molar refractivity (Wildman–Crippen MR) is 68.9 cm³/mol. The molecule has 0 N–H and O–H groups in total. The van der Waals surface area contributed by atoms with Crippen molar-refractivity contribution >= 4 is 0 Å². The lowest BCUT2D eigenvalue weighted by molar-refractivity contribution is 0.0556. The molecular formula is C13H28N2O. The molecule has 0 aromatic heterocycles. The first-order valence-electron chi connectivity index (χ1n) is 6.39. The van der Waals surface area contributed by atoms with Gasteiger partial charge in [-0.05, 0) is 40.7 Å². The van der Waals surface area contributed by atoms with Gasteiger partial charge in [0, 0.05) is 38.3 Å². The van der Waals surface area contributed by atoms with E-state index in [-0.39, 0.29) is 0 Å². The van der Waals surface area contributed by atoms with E-state index in [1.807, 2.05) is 0 Å². The van der Waals surface area contributed by atoms with Crippen LogP contribution >= 0.6 is 0 Å². The molecule has 0 atom stereocenters. The number of ether oxygens (including phenoxy) is 1. The standard InChI is InChI=1S/C13H28N2O/c1-13(2,3)15-8-6-12(7-9-15)14(4)10-11-16-5/h12H,6-11H2,1-5H3. The highest BCUT2D eigenvalue weighted by Gasteiger charge is 2.28. The van der Waals surface area contributed by atoms with Gasteiger partial charge in [0.1, 0.15) is 0 Å². The summed E-state index contributed by atoms with van der Waals surface area (Å²) in [5.74, 6) is 0. The monoisotopic (exact) mass is 228 g/mol. The van der Waals surface area contributed by atoms with Gasteiger partial charge in [-0.15, -0.1) is 0 Å². The van der Waals surface area contributed by atoms with Gasteiger partial charge in [0.05, 0.1) is 6.61 Å². The number of rotatable bonds is 4. The van der Waals surface area contributed by atoms with Crippen molar-refractivity contribution in [3.63, 3.8) is 0 Å². The van der Waals surface area contributed by atoms with Gasteiger partial charge in [-0.25, -0.2) is 0 Å². The van der Waals surface area contributed by atoms with Crippen LogP contribution in [0.5, 0.6) is 0 Å². The molecule has 0 aromatic carbocycles. The number of likely N-dealkylation sites (tertiary alicyclic amines) is 1. The SMILES string of the molecule is COCCN(C)C1CCN(C(C)(C)C)CC1. The molecular weight excluding hydrogens is 200 g/mol. The molecule has 1 aliphatic rings. The number of likely N-dealkylation sites (N-methyl/N-ethyl adjacent to an activating group) is 1. The maximum atomic E-state index is 5.13. The molecule has 0 aliphatic carbocycles. The van der Waals surface area contributed by atoms with Crippen LogP contribution in [0.2, 0.25) is 0 Å². The highest BCUT2D eigenvalue weighted by Crippen LogP contribution is 2.22. The Morgan fingerprint density at radius 1 is 1.25 bits per heavy atom. The summed E-state index contributed by atoms with van der Waals surface area (Å²) in [6.07, 6.45) is 2.58. The van der Waals surface area contributed by atoms with Crippen LogP contribution in [0.4, 0.5) is 0 Å². The minimum absolute atomic E-state index is 0.329. The second kappa shape index (κ2) is 5.99. The molecule has 96 valence electrons. The van der Waals surface area contributed by atoms with Crippen molar-refractivity contribution in [3.05, 3.63) is 0 Å². The van der Waals surface area contributed by atoms with Crippen LogP contribution < -0.4 is 0 Å². The van der Waals surface area contributed by atoms with E-state index in [0.717, 1.165) is 19.2 Å². The fourth-order valence-corrected chi connectivity index (χ4v) is 2.40. The highest BCUT2D eigenvalue weighted by atomic mass is 16.5. The fraction of sp³-hybridized carbons (Fsp3) is 1.00. The van der Waals surface area contributed by atoms with Gasteiger partial charge in [0.15, 0.2) is 0 Å². The molecule has 0 unspecified atom stereocenters. The smallest absolute Gasteiger partial charge is 0.0589 e. The van der Waals surface area contributed by atoms with Gasteiger partial charge in [-0.1, -0.05) is 0 Å². The zero-order chi connectivity index (χ0) is 12.2. The van der Waals surface area contributed by atoms with E-state index in [0.29, 0.717) is 5.54 Å². The molecule has 16 heavy (non-hydrogen) atoms. The number of nitrogens with zero attached hydrogens (tertiary/aromatic N) is 2. The summed E-state index contributed by atoms with van der Waals surface area (Å²) < 4.78 is 5.13. The Morgan fingerprint density at radius 3 is 2.25 bits per heavy atom. The van der Waals surface area contributed by atoms with Crippen molar-refractivity contribution in [3.8, 4) is 0 Å². The highest BCUT2D eigenvalue weighted by molar-refractivity contribution is 4.84. The maximum Gasteiger partial charge on any atom is 0.0589 e. The Labute approximate surface area is 101 Å². The third kappa shape index (κ3) is 4.04. The number of piperidine rings is 1. The Kier molecular flexibility index (Phi) is 5.22. The van der Waals surface area contributed by atoms with Crippen molar-refractivity contribution < 1.29 is 4.74 Å². The lowest BCUT2D eigenvalue weighted by atomic mass is 9.97. The minimum Gasteiger partial charge on any atom is -0.383 e. The summed E-state index contributed by atoms with van der Waals surface area (Å²) in [7, 11) is 3.99. The lowest BCUT2D eigenvalue weighted by Gasteiger charge is -2.43. The number of hydrogen-bond donors (Lipinski definition) is 0. The third-order valence-corrected chi connectivity index (χ3v) is 3.68. The quantitative estimate of drug-likeness (QED) is 0.730. The van der Waals surface area contributed by atoms with Crippen molar-refractivity contribution in [1.29, 1.82) is 0 Å². The van der Waals surface area contributed by atoms with Gasteiger partial charge in [-0.3, -0.25) is 4.90 Å². The summed E-state index contributed by atoms with van der Waals surface area (Å²) >= 11 is 0. The third-order valence-electron chi connectivity index (χ3n) is 3.68. The first-order chi connectivity index (χ1) is 7.45. The molecule has 1 fully saturated rings. The van der Waals surface area contributed by atoms with Crippen molar-refractivity contribution in [1.82, 2.24) is 9.80 Å². The van der Waals surface area contributed by atoms with Crippen LogP contribution in [0, 0.1) is 0 Å². The molecule has 3 heteroatoms.